The molecule has 4 rings (SSSR count). The molecule has 0 saturated heterocycles. The zero-order valence-corrected chi connectivity index (χ0v) is 40.5. The van der Waals surface area contributed by atoms with Crippen molar-refractivity contribution in [3.05, 3.63) is 118 Å². The summed E-state index contributed by atoms with van der Waals surface area (Å²) in [6.45, 7) is 33.6. The Morgan fingerprint density at radius 2 is 0.869 bits per heavy atom. The SMILES string of the molecule is CCC(C)(CC)Oc1ccc(C(C)(C)c2ccc(OC(=O)C(CC)(CC)C(CC)(CC)Oc3ccc(C(C)(C)c4ccc(OC(=O)C(C)(C)CC)cc4)cc3)c(C)c2)cc1C. The first-order valence-electron chi connectivity index (χ1n) is 22.8. The van der Waals surface area contributed by atoms with Crippen LogP contribution in [0.25, 0.3) is 0 Å². The van der Waals surface area contributed by atoms with Gasteiger partial charge in [0, 0.05) is 10.8 Å². The number of ether oxygens (including phenoxy) is 4. The second-order valence-electron chi connectivity index (χ2n) is 19.1. The molecule has 61 heavy (non-hydrogen) atoms. The fourth-order valence-corrected chi connectivity index (χ4v) is 8.53. The van der Waals surface area contributed by atoms with Crippen LogP contribution in [-0.4, -0.2) is 23.1 Å². The van der Waals surface area contributed by atoms with Crippen LogP contribution in [0, 0.1) is 24.7 Å². The third-order valence-corrected chi connectivity index (χ3v) is 14.6. The number of benzene rings is 4. The fourth-order valence-electron chi connectivity index (χ4n) is 8.53. The molecule has 332 valence electrons. The Morgan fingerprint density at radius 1 is 0.443 bits per heavy atom. The minimum absolute atomic E-state index is 0.189. The van der Waals surface area contributed by atoms with Gasteiger partial charge in [-0.1, -0.05) is 125 Å². The molecule has 0 atom stereocenters. The largest absolute Gasteiger partial charge is 0.487 e. The summed E-state index contributed by atoms with van der Waals surface area (Å²) in [4.78, 5) is 27.3. The minimum Gasteiger partial charge on any atom is -0.487 e. The van der Waals surface area contributed by atoms with Crippen molar-refractivity contribution < 1.29 is 28.5 Å². The number of carbonyl (C=O) groups is 2. The number of carbonyl (C=O) groups excluding carboxylic acids is 2. The lowest BCUT2D eigenvalue weighted by Gasteiger charge is -2.47. The molecular weight excluding hydrogens is 757 g/mol. The summed E-state index contributed by atoms with van der Waals surface area (Å²) in [7, 11) is 0. The number of hydrogen-bond acceptors (Lipinski definition) is 6. The quantitative estimate of drug-likeness (QED) is 0.0652. The second kappa shape index (κ2) is 19.2. The van der Waals surface area contributed by atoms with Crippen molar-refractivity contribution in [3.63, 3.8) is 0 Å². The molecule has 0 N–H and O–H groups in total. The summed E-state index contributed by atoms with van der Waals surface area (Å²) >= 11 is 0. The molecule has 0 saturated carbocycles. The fraction of sp³-hybridized carbons (Fsp3) is 0.527. The average molecular weight is 833 g/mol. The van der Waals surface area contributed by atoms with Gasteiger partial charge in [0.15, 0.2) is 0 Å². The summed E-state index contributed by atoms with van der Waals surface area (Å²) in [5.41, 5.74) is 3.52. The highest BCUT2D eigenvalue weighted by Gasteiger charge is 2.56. The van der Waals surface area contributed by atoms with Crippen LogP contribution in [0.3, 0.4) is 0 Å². The standard InChI is InChI=1S/C55H76O6/c1-17-50(10,11)48(56)58-44-30-24-40(25-31-44)51(12,13)41-26-32-45(33-27-41)60-55(22-6,23-7)54(20-4,21-5)49(57)59-46-34-28-42(36-38(46)8)52(14,15)43-29-35-47(39(9)37-43)61-53(16,18-2)19-3/h24-37H,17-23H2,1-16H3. The average Bonchev–Trinajstić information content (AvgIpc) is 3.25. The highest BCUT2D eigenvalue weighted by atomic mass is 16.5. The van der Waals surface area contributed by atoms with Crippen LogP contribution >= 0.6 is 0 Å². The number of rotatable bonds is 20. The summed E-state index contributed by atoms with van der Waals surface area (Å²) < 4.78 is 25.6. The lowest BCUT2D eigenvalue weighted by Crippen LogP contribution is -2.57. The molecule has 0 heterocycles. The predicted molar refractivity (Wildman–Crippen MR) is 251 cm³/mol. The van der Waals surface area contributed by atoms with E-state index in [1.807, 2.05) is 70.2 Å². The molecule has 0 amide bonds. The van der Waals surface area contributed by atoms with Gasteiger partial charge in [-0.15, -0.1) is 0 Å². The first-order chi connectivity index (χ1) is 28.6. The van der Waals surface area contributed by atoms with E-state index in [9.17, 15) is 9.59 Å². The Kier molecular flexibility index (Phi) is 15.5. The maximum Gasteiger partial charge on any atom is 0.321 e. The molecule has 0 unspecified atom stereocenters. The molecule has 0 aliphatic rings. The lowest BCUT2D eigenvalue weighted by molar-refractivity contribution is -0.165. The summed E-state index contributed by atoms with van der Waals surface area (Å²) in [5.74, 6) is 2.25. The normalized spacial score (nSPS) is 12.9. The van der Waals surface area contributed by atoms with E-state index in [4.69, 9.17) is 18.9 Å². The van der Waals surface area contributed by atoms with Gasteiger partial charge in [0.05, 0.1) is 5.41 Å². The molecular formula is C55H76O6. The van der Waals surface area contributed by atoms with E-state index >= 15 is 0 Å². The van der Waals surface area contributed by atoms with E-state index in [2.05, 4.69) is 126 Å². The van der Waals surface area contributed by atoms with Gasteiger partial charge >= 0.3 is 11.9 Å². The molecule has 6 heteroatoms. The highest BCUT2D eigenvalue weighted by Crippen LogP contribution is 2.48. The molecule has 0 aliphatic heterocycles. The van der Waals surface area contributed by atoms with Crippen molar-refractivity contribution in [2.24, 2.45) is 10.8 Å². The Bertz CT molecular complexity index is 2090. The van der Waals surface area contributed by atoms with Crippen LogP contribution in [0.4, 0.5) is 0 Å². The van der Waals surface area contributed by atoms with Crippen molar-refractivity contribution in [3.8, 4) is 23.0 Å². The zero-order chi connectivity index (χ0) is 45.6. The van der Waals surface area contributed by atoms with Crippen molar-refractivity contribution in [2.75, 3.05) is 0 Å². The summed E-state index contributed by atoms with van der Waals surface area (Å²) in [6, 6.07) is 28.7. The smallest absolute Gasteiger partial charge is 0.321 e. The van der Waals surface area contributed by atoms with Gasteiger partial charge in [0.25, 0.3) is 0 Å². The molecule has 0 fully saturated rings. The molecule has 0 spiro atoms. The third kappa shape index (κ3) is 10.1. The molecule has 4 aromatic carbocycles. The molecule has 0 radical (unpaired) electrons. The van der Waals surface area contributed by atoms with E-state index in [0.717, 1.165) is 46.4 Å². The molecule has 0 aliphatic carbocycles. The van der Waals surface area contributed by atoms with Crippen molar-refractivity contribution >= 4 is 11.9 Å². The summed E-state index contributed by atoms with van der Waals surface area (Å²) in [6.07, 6.45) is 4.98. The van der Waals surface area contributed by atoms with E-state index < -0.39 is 16.4 Å². The van der Waals surface area contributed by atoms with E-state index in [1.54, 1.807) is 0 Å². The van der Waals surface area contributed by atoms with E-state index in [0.29, 0.717) is 49.4 Å². The number of esters is 2. The number of aryl methyl sites for hydroxylation is 2. The van der Waals surface area contributed by atoms with E-state index in [-0.39, 0.29) is 28.4 Å². The van der Waals surface area contributed by atoms with Gasteiger partial charge in [0.1, 0.15) is 39.6 Å². The third-order valence-electron chi connectivity index (χ3n) is 14.6. The number of hydrogen-bond donors (Lipinski definition) is 0. The van der Waals surface area contributed by atoms with Gasteiger partial charge in [-0.3, -0.25) is 9.59 Å². The molecule has 4 aromatic rings. The first-order valence-corrected chi connectivity index (χ1v) is 22.8. The van der Waals surface area contributed by atoms with Crippen LogP contribution in [0.15, 0.2) is 84.9 Å². The molecule has 0 bridgehead atoms. The van der Waals surface area contributed by atoms with Gasteiger partial charge < -0.3 is 18.9 Å². The van der Waals surface area contributed by atoms with Crippen LogP contribution in [0.5, 0.6) is 23.0 Å². The Hall–Kier alpha value is -4.58. The predicted octanol–water partition coefficient (Wildman–Crippen LogP) is 14.6. The van der Waals surface area contributed by atoms with E-state index in [1.165, 1.54) is 5.56 Å². The second-order valence-corrected chi connectivity index (χ2v) is 19.1. The van der Waals surface area contributed by atoms with Gasteiger partial charge in [-0.25, -0.2) is 0 Å². The first kappa shape index (κ1) is 49.1. The molecule has 6 nitrogen and oxygen atoms in total. The Balaban J connectivity index is 1.55. The minimum atomic E-state index is -0.899. The topological polar surface area (TPSA) is 71.1 Å². The van der Waals surface area contributed by atoms with Crippen molar-refractivity contribution in [1.82, 2.24) is 0 Å². The zero-order valence-electron chi connectivity index (χ0n) is 40.5. The van der Waals surface area contributed by atoms with Crippen molar-refractivity contribution in [1.29, 1.82) is 0 Å². The monoisotopic (exact) mass is 833 g/mol. The van der Waals surface area contributed by atoms with Crippen LogP contribution < -0.4 is 18.9 Å². The maximum absolute atomic E-state index is 14.7. The summed E-state index contributed by atoms with van der Waals surface area (Å²) in [5, 5.41) is 0. The van der Waals surface area contributed by atoms with Gasteiger partial charge in [-0.2, -0.15) is 0 Å². The highest BCUT2D eigenvalue weighted by molar-refractivity contribution is 5.81. The van der Waals surface area contributed by atoms with Crippen molar-refractivity contribution in [2.45, 2.75) is 178 Å². The van der Waals surface area contributed by atoms with Gasteiger partial charge in [0.2, 0.25) is 0 Å². The molecule has 0 aromatic heterocycles. The Morgan fingerprint density at radius 3 is 1.28 bits per heavy atom. The van der Waals surface area contributed by atoms with Crippen LogP contribution in [-0.2, 0) is 20.4 Å². The van der Waals surface area contributed by atoms with Gasteiger partial charge in [-0.05, 0) is 149 Å². The lowest BCUT2D eigenvalue weighted by atomic mass is 9.65. The Labute approximate surface area is 369 Å². The van der Waals surface area contributed by atoms with Crippen LogP contribution in [0.2, 0.25) is 0 Å². The maximum atomic E-state index is 14.7. The van der Waals surface area contributed by atoms with Crippen LogP contribution in [0.1, 0.15) is 175 Å².